The topological polar surface area (TPSA) is 51.2 Å². The van der Waals surface area contributed by atoms with Crippen molar-refractivity contribution in [2.75, 3.05) is 11.9 Å². The Morgan fingerprint density at radius 3 is 2.89 bits per heavy atom. The summed E-state index contributed by atoms with van der Waals surface area (Å²) in [7, 11) is 0. The Labute approximate surface area is 112 Å². The van der Waals surface area contributed by atoms with Crippen LogP contribution in [-0.4, -0.2) is 23.6 Å². The molecular weight excluding hydrogens is 240 g/mol. The van der Waals surface area contributed by atoms with E-state index in [1.54, 1.807) is 13.8 Å². The number of carbonyl (C=O) groups is 1. The fourth-order valence-electron chi connectivity index (χ4n) is 1.97. The summed E-state index contributed by atoms with van der Waals surface area (Å²) >= 11 is 0. The first-order chi connectivity index (χ1) is 9.11. The fraction of sp³-hybridized carbons (Fsp3) is 0.333. The monoisotopic (exact) mass is 258 g/mol. The van der Waals surface area contributed by atoms with Crippen LogP contribution in [0.2, 0.25) is 0 Å². The van der Waals surface area contributed by atoms with Crippen molar-refractivity contribution in [3.8, 4) is 0 Å². The standard InChI is InChI=1S/C15H18N2O2/c1-4-19-15(18)11(3)16-14-9-10(2)12-7-5-6-8-13(12)17-14/h5-9,11H,4H2,1-3H3,(H,16,17). The number of nitrogens with zero attached hydrogens (tertiary/aromatic N) is 1. The number of benzene rings is 1. The van der Waals surface area contributed by atoms with Gasteiger partial charge in [-0.25, -0.2) is 9.78 Å². The van der Waals surface area contributed by atoms with Crippen molar-refractivity contribution < 1.29 is 9.53 Å². The summed E-state index contributed by atoms with van der Waals surface area (Å²) in [6, 6.07) is 9.48. The van der Waals surface area contributed by atoms with E-state index in [0.717, 1.165) is 16.5 Å². The Bertz CT molecular complexity index is 596. The molecular formula is C15H18N2O2. The lowest BCUT2D eigenvalue weighted by Gasteiger charge is -2.14. The number of nitrogens with one attached hydrogen (secondary N) is 1. The van der Waals surface area contributed by atoms with E-state index in [-0.39, 0.29) is 5.97 Å². The Morgan fingerprint density at radius 1 is 1.42 bits per heavy atom. The Balaban J connectivity index is 2.24. The van der Waals surface area contributed by atoms with Gasteiger partial charge in [0.25, 0.3) is 0 Å². The molecule has 2 aromatic rings. The molecule has 1 atom stereocenters. The lowest BCUT2D eigenvalue weighted by atomic mass is 10.1. The first-order valence-corrected chi connectivity index (χ1v) is 6.41. The largest absolute Gasteiger partial charge is 0.464 e. The van der Waals surface area contributed by atoms with Crippen LogP contribution in [0.15, 0.2) is 30.3 Å². The van der Waals surface area contributed by atoms with Crippen molar-refractivity contribution in [3.63, 3.8) is 0 Å². The number of aromatic nitrogens is 1. The minimum absolute atomic E-state index is 0.268. The molecule has 4 nitrogen and oxygen atoms in total. The highest BCUT2D eigenvalue weighted by Gasteiger charge is 2.14. The zero-order chi connectivity index (χ0) is 13.8. The number of carbonyl (C=O) groups excluding carboxylic acids is 1. The Kier molecular flexibility index (Phi) is 4.00. The van der Waals surface area contributed by atoms with Crippen molar-refractivity contribution in [1.82, 2.24) is 4.98 Å². The summed E-state index contributed by atoms with van der Waals surface area (Å²) in [6.07, 6.45) is 0. The van der Waals surface area contributed by atoms with Crippen molar-refractivity contribution in [3.05, 3.63) is 35.9 Å². The van der Waals surface area contributed by atoms with Crippen LogP contribution in [0.4, 0.5) is 5.82 Å². The summed E-state index contributed by atoms with van der Waals surface area (Å²) in [6.45, 7) is 5.98. The van der Waals surface area contributed by atoms with Gasteiger partial charge in [-0.2, -0.15) is 0 Å². The SMILES string of the molecule is CCOC(=O)C(C)Nc1cc(C)c2ccccc2n1. The van der Waals surface area contributed by atoms with Gasteiger partial charge in [-0.15, -0.1) is 0 Å². The molecule has 1 aromatic carbocycles. The highest BCUT2D eigenvalue weighted by Crippen LogP contribution is 2.20. The van der Waals surface area contributed by atoms with Gasteiger partial charge >= 0.3 is 5.97 Å². The molecule has 0 aliphatic rings. The highest BCUT2D eigenvalue weighted by atomic mass is 16.5. The van der Waals surface area contributed by atoms with Crippen LogP contribution in [0, 0.1) is 6.92 Å². The summed E-state index contributed by atoms with van der Waals surface area (Å²) in [4.78, 5) is 16.1. The average molecular weight is 258 g/mol. The molecule has 19 heavy (non-hydrogen) atoms. The molecule has 0 bridgehead atoms. The van der Waals surface area contributed by atoms with E-state index in [2.05, 4.69) is 10.3 Å². The molecule has 0 amide bonds. The van der Waals surface area contributed by atoms with E-state index in [4.69, 9.17) is 4.74 Å². The number of fused-ring (bicyclic) bond motifs is 1. The van der Waals surface area contributed by atoms with E-state index in [1.807, 2.05) is 37.3 Å². The molecule has 1 aromatic heterocycles. The van der Waals surface area contributed by atoms with Gasteiger partial charge in [-0.05, 0) is 38.5 Å². The predicted octanol–water partition coefficient (Wildman–Crippen LogP) is 2.91. The number of esters is 1. The number of hydrogen-bond acceptors (Lipinski definition) is 4. The maximum Gasteiger partial charge on any atom is 0.328 e. The molecule has 1 heterocycles. The van der Waals surface area contributed by atoms with Crippen LogP contribution >= 0.6 is 0 Å². The molecule has 0 saturated carbocycles. The molecule has 0 saturated heterocycles. The number of anilines is 1. The van der Waals surface area contributed by atoms with Gasteiger partial charge in [-0.3, -0.25) is 0 Å². The third-order valence-electron chi connectivity index (χ3n) is 2.93. The van der Waals surface area contributed by atoms with Crippen molar-refractivity contribution in [2.45, 2.75) is 26.8 Å². The van der Waals surface area contributed by atoms with Gasteiger partial charge in [0.1, 0.15) is 11.9 Å². The van der Waals surface area contributed by atoms with Crippen molar-refractivity contribution >= 4 is 22.7 Å². The number of ether oxygens (including phenoxy) is 1. The molecule has 1 unspecified atom stereocenters. The van der Waals surface area contributed by atoms with Crippen LogP contribution in [-0.2, 0) is 9.53 Å². The van der Waals surface area contributed by atoms with Crippen molar-refractivity contribution in [1.29, 1.82) is 0 Å². The summed E-state index contributed by atoms with van der Waals surface area (Å²) in [5.74, 6) is 0.423. The fourth-order valence-corrected chi connectivity index (χ4v) is 1.97. The Hall–Kier alpha value is -2.10. The zero-order valence-corrected chi connectivity index (χ0v) is 11.4. The van der Waals surface area contributed by atoms with E-state index >= 15 is 0 Å². The maximum atomic E-state index is 11.6. The van der Waals surface area contributed by atoms with Crippen LogP contribution in [0.5, 0.6) is 0 Å². The quantitative estimate of drug-likeness (QED) is 0.857. The third kappa shape index (κ3) is 3.02. The van der Waals surface area contributed by atoms with Crippen molar-refractivity contribution in [2.24, 2.45) is 0 Å². The molecule has 1 N–H and O–H groups in total. The second-order valence-corrected chi connectivity index (χ2v) is 4.46. The maximum absolute atomic E-state index is 11.6. The number of pyridine rings is 1. The average Bonchev–Trinajstić information content (AvgIpc) is 2.39. The highest BCUT2D eigenvalue weighted by molar-refractivity contribution is 5.84. The van der Waals surface area contributed by atoms with Gasteiger partial charge < -0.3 is 10.1 Å². The number of aryl methyl sites for hydroxylation is 1. The van der Waals surface area contributed by atoms with E-state index in [1.165, 1.54) is 0 Å². The smallest absolute Gasteiger partial charge is 0.328 e. The molecule has 0 fully saturated rings. The minimum atomic E-state index is -0.409. The lowest BCUT2D eigenvalue weighted by molar-refractivity contribution is -0.143. The summed E-state index contributed by atoms with van der Waals surface area (Å²) in [5, 5.41) is 4.20. The predicted molar refractivity (Wildman–Crippen MR) is 76.2 cm³/mol. The van der Waals surface area contributed by atoms with Crippen LogP contribution in [0.3, 0.4) is 0 Å². The molecule has 0 aliphatic heterocycles. The lowest BCUT2D eigenvalue weighted by Crippen LogP contribution is -2.28. The molecule has 0 radical (unpaired) electrons. The van der Waals surface area contributed by atoms with Gasteiger partial charge in [0, 0.05) is 5.39 Å². The van der Waals surface area contributed by atoms with Gasteiger partial charge in [0.15, 0.2) is 0 Å². The Morgan fingerprint density at radius 2 is 2.16 bits per heavy atom. The number of para-hydroxylation sites is 1. The number of hydrogen-bond donors (Lipinski definition) is 1. The van der Waals surface area contributed by atoms with Gasteiger partial charge in [-0.1, -0.05) is 18.2 Å². The first kappa shape index (κ1) is 13.3. The van der Waals surface area contributed by atoms with E-state index < -0.39 is 6.04 Å². The van der Waals surface area contributed by atoms with Crippen LogP contribution < -0.4 is 5.32 Å². The van der Waals surface area contributed by atoms with Gasteiger partial charge in [0.2, 0.25) is 0 Å². The second-order valence-electron chi connectivity index (χ2n) is 4.46. The molecule has 4 heteroatoms. The summed E-state index contributed by atoms with van der Waals surface area (Å²) < 4.78 is 4.96. The molecule has 0 spiro atoms. The first-order valence-electron chi connectivity index (χ1n) is 6.41. The third-order valence-corrected chi connectivity index (χ3v) is 2.93. The zero-order valence-electron chi connectivity index (χ0n) is 11.4. The van der Waals surface area contributed by atoms with Crippen LogP contribution in [0.25, 0.3) is 10.9 Å². The van der Waals surface area contributed by atoms with Gasteiger partial charge in [0.05, 0.1) is 12.1 Å². The minimum Gasteiger partial charge on any atom is -0.464 e. The molecule has 100 valence electrons. The van der Waals surface area contributed by atoms with E-state index in [9.17, 15) is 4.79 Å². The molecule has 2 rings (SSSR count). The number of rotatable bonds is 4. The molecule has 0 aliphatic carbocycles. The van der Waals surface area contributed by atoms with Crippen LogP contribution in [0.1, 0.15) is 19.4 Å². The second kappa shape index (κ2) is 5.69. The van der Waals surface area contributed by atoms with E-state index in [0.29, 0.717) is 12.4 Å². The normalized spacial score (nSPS) is 12.2. The summed E-state index contributed by atoms with van der Waals surface area (Å²) in [5.41, 5.74) is 2.05.